The van der Waals surface area contributed by atoms with Crippen molar-refractivity contribution >= 4 is 11.8 Å². The second-order valence-electron chi connectivity index (χ2n) is 7.31. The lowest BCUT2D eigenvalue weighted by atomic mass is 9.85. The van der Waals surface area contributed by atoms with Crippen LogP contribution in [0.15, 0.2) is 30.3 Å². The summed E-state index contributed by atoms with van der Waals surface area (Å²) in [5.41, 5.74) is 1.23. The van der Waals surface area contributed by atoms with Crippen molar-refractivity contribution in [1.29, 1.82) is 0 Å². The molecule has 0 N–H and O–H groups in total. The van der Waals surface area contributed by atoms with Crippen LogP contribution < -0.4 is 0 Å². The second kappa shape index (κ2) is 7.76. The predicted octanol–water partition coefficient (Wildman–Crippen LogP) is 4.24. The van der Waals surface area contributed by atoms with Gasteiger partial charge in [0.05, 0.1) is 5.92 Å². The van der Waals surface area contributed by atoms with Crippen LogP contribution in [0.2, 0.25) is 0 Å². The van der Waals surface area contributed by atoms with Crippen LogP contribution in [0.1, 0.15) is 58.4 Å². The van der Waals surface area contributed by atoms with Crippen LogP contribution in [0.25, 0.3) is 0 Å². The van der Waals surface area contributed by atoms with Gasteiger partial charge in [-0.25, -0.2) is 0 Å². The SMILES string of the molecule is CC(C)CCCN1C(=O)C(C)C(CC(C)c2ccccc2)C1=O. The average molecular weight is 315 g/mol. The Hall–Kier alpha value is -1.64. The maximum atomic E-state index is 12.7. The van der Waals surface area contributed by atoms with Gasteiger partial charge in [0.15, 0.2) is 0 Å². The van der Waals surface area contributed by atoms with Crippen molar-refractivity contribution in [1.82, 2.24) is 4.90 Å². The molecular weight excluding hydrogens is 286 g/mol. The van der Waals surface area contributed by atoms with E-state index in [9.17, 15) is 9.59 Å². The Morgan fingerprint density at radius 2 is 1.70 bits per heavy atom. The lowest BCUT2D eigenvalue weighted by molar-refractivity contribution is -0.140. The third kappa shape index (κ3) is 4.21. The summed E-state index contributed by atoms with van der Waals surface area (Å²) in [6.45, 7) is 8.96. The fourth-order valence-corrected chi connectivity index (χ4v) is 3.42. The molecule has 0 saturated carbocycles. The highest BCUT2D eigenvalue weighted by atomic mass is 16.2. The minimum atomic E-state index is -0.187. The number of amides is 2. The van der Waals surface area contributed by atoms with Gasteiger partial charge in [0.25, 0.3) is 0 Å². The van der Waals surface area contributed by atoms with Gasteiger partial charge in [0.1, 0.15) is 0 Å². The molecule has 2 amide bonds. The van der Waals surface area contributed by atoms with E-state index in [-0.39, 0.29) is 29.6 Å². The van der Waals surface area contributed by atoms with Gasteiger partial charge in [-0.05, 0) is 36.7 Å². The third-order valence-electron chi connectivity index (χ3n) is 4.98. The Morgan fingerprint density at radius 1 is 1.04 bits per heavy atom. The van der Waals surface area contributed by atoms with E-state index in [0.717, 1.165) is 19.3 Å². The normalized spacial score (nSPS) is 22.9. The molecule has 126 valence electrons. The average Bonchev–Trinajstić information content (AvgIpc) is 2.73. The topological polar surface area (TPSA) is 37.4 Å². The van der Waals surface area contributed by atoms with Gasteiger partial charge in [-0.2, -0.15) is 0 Å². The molecule has 1 aliphatic rings. The standard InChI is InChI=1S/C20H29NO2/c1-14(2)9-8-12-21-19(22)16(4)18(20(21)23)13-15(3)17-10-6-5-7-11-17/h5-7,10-11,14-16,18H,8-9,12-13H2,1-4H3. The zero-order chi connectivity index (χ0) is 17.0. The molecule has 0 aromatic heterocycles. The van der Waals surface area contributed by atoms with Gasteiger partial charge in [-0.1, -0.05) is 58.0 Å². The van der Waals surface area contributed by atoms with Crippen LogP contribution in [-0.2, 0) is 9.59 Å². The fourth-order valence-electron chi connectivity index (χ4n) is 3.42. The lowest BCUT2D eigenvalue weighted by Crippen LogP contribution is -2.32. The summed E-state index contributed by atoms with van der Waals surface area (Å²) < 4.78 is 0. The van der Waals surface area contributed by atoms with Gasteiger partial charge in [-0.3, -0.25) is 14.5 Å². The van der Waals surface area contributed by atoms with Crippen molar-refractivity contribution in [3.8, 4) is 0 Å². The van der Waals surface area contributed by atoms with Crippen LogP contribution in [0.3, 0.4) is 0 Å². The van der Waals surface area contributed by atoms with Crippen molar-refractivity contribution < 1.29 is 9.59 Å². The Balaban J connectivity index is 1.99. The molecule has 1 aromatic carbocycles. The molecule has 3 unspecified atom stereocenters. The first-order valence-corrected chi connectivity index (χ1v) is 8.82. The highest BCUT2D eigenvalue weighted by Crippen LogP contribution is 2.34. The highest BCUT2D eigenvalue weighted by molar-refractivity contribution is 6.04. The van der Waals surface area contributed by atoms with Crippen LogP contribution in [0.5, 0.6) is 0 Å². The van der Waals surface area contributed by atoms with E-state index in [4.69, 9.17) is 0 Å². The van der Waals surface area contributed by atoms with E-state index in [1.54, 1.807) is 0 Å². The van der Waals surface area contributed by atoms with E-state index < -0.39 is 0 Å². The largest absolute Gasteiger partial charge is 0.282 e. The number of carbonyl (C=O) groups excluding carboxylic acids is 2. The molecule has 3 atom stereocenters. The Labute approximate surface area is 140 Å². The molecular formula is C20H29NO2. The summed E-state index contributed by atoms with van der Waals surface area (Å²) in [5.74, 6) is 0.590. The molecule has 0 radical (unpaired) electrons. The first kappa shape index (κ1) is 17.7. The summed E-state index contributed by atoms with van der Waals surface area (Å²) in [6, 6.07) is 10.2. The Morgan fingerprint density at radius 3 is 2.30 bits per heavy atom. The molecule has 3 nitrogen and oxygen atoms in total. The minimum Gasteiger partial charge on any atom is -0.282 e. The number of likely N-dealkylation sites (tertiary alicyclic amines) is 1. The van der Waals surface area contributed by atoms with Crippen molar-refractivity contribution in [2.75, 3.05) is 6.54 Å². The predicted molar refractivity (Wildman–Crippen MR) is 92.9 cm³/mol. The summed E-state index contributed by atoms with van der Waals surface area (Å²) in [5, 5.41) is 0. The van der Waals surface area contributed by atoms with E-state index in [2.05, 4.69) is 32.9 Å². The van der Waals surface area contributed by atoms with E-state index >= 15 is 0 Å². The van der Waals surface area contributed by atoms with Crippen molar-refractivity contribution in [2.24, 2.45) is 17.8 Å². The molecule has 0 spiro atoms. The quantitative estimate of drug-likeness (QED) is 0.706. The van der Waals surface area contributed by atoms with Crippen LogP contribution in [-0.4, -0.2) is 23.3 Å². The molecule has 2 rings (SSSR count). The number of imide groups is 1. The lowest BCUT2D eigenvalue weighted by Gasteiger charge is -2.18. The van der Waals surface area contributed by atoms with E-state index in [1.165, 1.54) is 10.5 Å². The monoisotopic (exact) mass is 315 g/mol. The molecule has 23 heavy (non-hydrogen) atoms. The van der Waals surface area contributed by atoms with Gasteiger partial charge >= 0.3 is 0 Å². The van der Waals surface area contributed by atoms with E-state index in [1.807, 2.05) is 25.1 Å². The third-order valence-corrected chi connectivity index (χ3v) is 4.98. The summed E-state index contributed by atoms with van der Waals surface area (Å²) >= 11 is 0. The molecule has 1 fully saturated rings. The highest BCUT2D eigenvalue weighted by Gasteiger charge is 2.44. The van der Waals surface area contributed by atoms with Crippen molar-refractivity contribution in [2.45, 2.75) is 52.9 Å². The maximum absolute atomic E-state index is 12.7. The molecule has 0 aliphatic carbocycles. The first-order chi connectivity index (χ1) is 10.9. The van der Waals surface area contributed by atoms with Crippen molar-refractivity contribution in [3.63, 3.8) is 0 Å². The number of benzene rings is 1. The van der Waals surface area contributed by atoms with Gasteiger partial charge in [0, 0.05) is 12.5 Å². The van der Waals surface area contributed by atoms with Gasteiger partial charge in [0.2, 0.25) is 11.8 Å². The first-order valence-electron chi connectivity index (χ1n) is 8.82. The summed E-state index contributed by atoms with van der Waals surface area (Å²) in [7, 11) is 0. The molecule has 1 saturated heterocycles. The van der Waals surface area contributed by atoms with Gasteiger partial charge < -0.3 is 0 Å². The smallest absolute Gasteiger partial charge is 0.233 e. The summed E-state index contributed by atoms with van der Waals surface area (Å²) in [4.78, 5) is 26.6. The Bertz CT molecular complexity index is 538. The van der Waals surface area contributed by atoms with Crippen LogP contribution in [0, 0.1) is 17.8 Å². The molecule has 1 aromatic rings. The molecule has 3 heteroatoms. The number of hydrogen-bond donors (Lipinski definition) is 0. The van der Waals surface area contributed by atoms with Crippen LogP contribution >= 0.6 is 0 Å². The van der Waals surface area contributed by atoms with Crippen LogP contribution in [0.4, 0.5) is 0 Å². The Kier molecular flexibility index (Phi) is 5.97. The number of nitrogens with zero attached hydrogens (tertiary/aromatic N) is 1. The zero-order valence-electron chi connectivity index (χ0n) is 14.8. The van der Waals surface area contributed by atoms with Crippen molar-refractivity contribution in [3.05, 3.63) is 35.9 Å². The number of carbonyl (C=O) groups is 2. The van der Waals surface area contributed by atoms with Gasteiger partial charge in [-0.15, -0.1) is 0 Å². The molecule has 0 bridgehead atoms. The second-order valence-corrected chi connectivity index (χ2v) is 7.31. The number of hydrogen-bond acceptors (Lipinski definition) is 2. The number of rotatable bonds is 7. The molecule has 1 aliphatic heterocycles. The summed E-state index contributed by atoms with van der Waals surface area (Å²) in [6.07, 6.45) is 2.70. The fraction of sp³-hybridized carbons (Fsp3) is 0.600. The zero-order valence-corrected chi connectivity index (χ0v) is 14.8. The minimum absolute atomic E-state index is 0.0176. The molecule has 1 heterocycles. The maximum Gasteiger partial charge on any atom is 0.233 e. The van der Waals surface area contributed by atoms with E-state index in [0.29, 0.717) is 12.5 Å².